The largest absolute Gasteiger partial charge is 0.457 e. The SMILES string of the molecule is O=C1[C@@H]2[C@H](C(=O)N1c1ccc(Oc3cccc(Oc4ccc(N5C(=O)[C@H]6[C@H](C5=O)[C@H]5C=C[C@H]6C5)cc4)c3)cc1)[C@H]1C=C[C@H]2C1. The molecule has 0 unspecified atom stereocenters. The molecule has 44 heavy (non-hydrogen) atoms. The summed E-state index contributed by atoms with van der Waals surface area (Å²) in [6, 6.07) is 21.2. The van der Waals surface area contributed by atoms with E-state index in [9.17, 15) is 19.2 Å². The van der Waals surface area contributed by atoms with Gasteiger partial charge in [-0.3, -0.25) is 29.0 Å². The standard InChI is InChI=1S/C36H28N2O6/c39-33-29-19-4-5-20(16-19)30(29)34(40)37(33)23-8-12-25(13-9-23)43-27-2-1-3-28(18-27)44-26-14-10-24(11-15-26)38-35(41)31-21-6-7-22(17-21)32(31)36(38)42/h1-15,18-22,29-32H,16-17H2/t19-,20-,21-,22-,29-,30+,31+,32+/m0/s1. The molecule has 2 aliphatic heterocycles. The number of ether oxygens (including phenoxy) is 2. The summed E-state index contributed by atoms with van der Waals surface area (Å²) >= 11 is 0. The number of rotatable bonds is 6. The maximum atomic E-state index is 13.1. The number of carbonyl (C=O) groups is 4. The van der Waals surface area contributed by atoms with E-state index in [2.05, 4.69) is 24.3 Å². The molecule has 4 amide bonds. The van der Waals surface area contributed by atoms with Gasteiger partial charge in [-0.05, 0) is 97.2 Å². The van der Waals surface area contributed by atoms with Crippen molar-refractivity contribution < 1.29 is 28.7 Å². The minimum absolute atomic E-state index is 0.103. The summed E-state index contributed by atoms with van der Waals surface area (Å²) in [5.74, 6) is 1.59. The van der Waals surface area contributed by atoms with Gasteiger partial charge >= 0.3 is 0 Å². The second-order valence-corrected chi connectivity index (χ2v) is 12.7. The molecule has 6 aliphatic rings. The van der Waals surface area contributed by atoms with Gasteiger partial charge in [0.1, 0.15) is 23.0 Å². The third-order valence-corrected chi connectivity index (χ3v) is 10.4. The lowest BCUT2D eigenvalue weighted by Gasteiger charge is -2.18. The minimum Gasteiger partial charge on any atom is -0.457 e. The van der Waals surface area contributed by atoms with Crippen molar-refractivity contribution in [1.82, 2.24) is 0 Å². The first kappa shape index (κ1) is 25.5. The molecule has 9 rings (SSSR count). The van der Waals surface area contributed by atoms with Gasteiger partial charge in [-0.25, -0.2) is 0 Å². The highest BCUT2D eigenvalue weighted by Gasteiger charge is 2.60. The Balaban J connectivity index is 0.864. The number of benzene rings is 3. The lowest BCUT2D eigenvalue weighted by atomic mass is 9.85. The number of hydrogen-bond donors (Lipinski definition) is 0. The van der Waals surface area contributed by atoms with Crippen molar-refractivity contribution in [1.29, 1.82) is 0 Å². The maximum Gasteiger partial charge on any atom is 0.238 e. The Morgan fingerprint density at radius 2 is 0.795 bits per heavy atom. The van der Waals surface area contributed by atoms with Crippen molar-refractivity contribution in [3.8, 4) is 23.0 Å². The topological polar surface area (TPSA) is 93.2 Å². The maximum absolute atomic E-state index is 13.1. The van der Waals surface area contributed by atoms with Crippen molar-refractivity contribution >= 4 is 35.0 Å². The first-order valence-electron chi connectivity index (χ1n) is 15.2. The Labute approximate surface area is 253 Å². The number of hydrogen-bond acceptors (Lipinski definition) is 6. The molecule has 218 valence electrons. The van der Waals surface area contributed by atoms with E-state index in [-0.39, 0.29) is 71.0 Å². The second kappa shape index (κ2) is 9.26. The van der Waals surface area contributed by atoms with E-state index in [1.165, 1.54) is 9.80 Å². The molecule has 0 radical (unpaired) electrons. The van der Waals surface area contributed by atoms with Gasteiger partial charge in [-0.2, -0.15) is 0 Å². The molecule has 2 saturated carbocycles. The van der Waals surface area contributed by atoms with Gasteiger partial charge in [0.05, 0.1) is 35.0 Å². The van der Waals surface area contributed by atoms with Crippen LogP contribution in [0, 0.1) is 47.3 Å². The van der Waals surface area contributed by atoms with Crippen LogP contribution in [0.1, 0.15) is 12.8 Å². The average Bonchev–Trinajstić information content (AvgIpc) is 3.88. The summed E-state index contributed by atoms with van der Waals surface area (Å²) in [6.07, 6.45) is 10.2. The molecule has 8 heteroatoms. The number of allylic oxidation sites excluding steroid dienone is 4. The zero-order chi connectivity index (χ0) is 29.7. The minimum atomic E-state index is -0.232. The van der Waals surface area contributed by atoms with Gasteiger partial charge in [0.25, 0.3) is 0 Å². The zero-order valence-corrected chi connectivity index (χ0v) is 23.6. The molecular weight excluding hydrogens is 556 g/mol. The molecule has 0 N–H and O–H groups in total. The smallest absolute Gasteiger partial charge is 0.238 e. The Kier molecular flexibility index (Phi) is 5.37. The van der Waals surface area contributed by atoms with Crippen LogP contribution in [-0.2, 0) is 19.2 Å². The van der Waals surface area contributed by atoms with E-state index >= 15 is 0 Å². The van der Waals surface area contributed by atoms with E-state index in [0.29, 0.717) is 34.4 Å². The molecule has 3 aromatic carbocycles. The van der Waals surface area contributed by atoms with Gasteiger partial charge in [0.15, 0.2) is 0 Å². The monoisotopic (exact) mass is 584 g/mol. The van der Waals surface area contributed by atoms with Crippen LogP contribution in [-0.4, -0.2) is 23.6 Å². The number of imide groups is 2. The highest BCUT2D eigenvalue weighted by Crippen LogP contribution is 2.54. The van der Waals surface area contributed by atoms with Crippen LogP contribution >= 0.6 is 0 Å². The summed E-state index contributed by atoms with van der Waals surface area (Å²) < 4.78 is 12.1. The second-order valence-electron chi connectivity index (χ2n) is 12.7. The summed E-state index contributed by atoms with van der Waals surface area (Å²) in [7, 11) is 0. The Morgan fingerprint density at radius 3 is 1.14 bits per heavy atom. The average molecular weight is 585 g/mol. The molecule has 2 saturated heterocycles. The number of amides is 4. The third-order valence-electron chi connectivity index (χ3n) is 10.4. The van der Waals surface area contributed by atoms with Gasteiger partial charge in [0.2, 0.25) is 23.6 Å². The van der Waals surface area contributed by atoms with Gasteiger partial charge in [-0.1, -0.05) is 30.4 Å². The predicted molar refractivity (Wildman–Crippen MR) is 160 cm³/mol. The molecule has 4 fully saturated rings. The van der Waals surface area contributed by atoms with Crippen molar-refractivity contribution in [2.75, 3.05) is 9.80 Å². The van der Waals surface area contributed by atoms with Gasteiger partial charge < -0.3 is 9.47 Å². The fourth-order valence-electron chi connectivity index (χ4n) is 8.51. The lowest BCUT2D eigenvalue weighted by molar-refractivity contribution is -0.124. The number of carbonyl (C=O) groups excluding carboxylic acids is 4. The van der Waals surface area contributed by atoms with Crippen LogP contribution in [0.15, 0.2) is 97.1 Å². The van der Waals surface area contributed by atoms with Crippen molar-refractivity contribution in [2.45, 2.75) is 12.8 Å². The van der Waals surface area contributed by atoms with Crippen LogP contribution in [0.3, 0.4) is 0 Å². The predicted octanol–water partition coefficient (Wildman–Crippen LogP) is 5.89. The van der Waals surface area contributed by atoms with Gasteiger partial charge in [-0.15, -0.1) is 0 Å². The quantitative estimate of drug-likeness (QED) is 0.265. The summed E-state index contributed by atoms with van der Waals surface area (Å²) in [4.78, 5) is 55.2. The van der Waals surface area contributed by atoms with Crippen LogP contribution in [0.4, 0.5) is 11.4 Å². The van der Waals surface area contributed by atoms with Gasteiger partial charge in [0, 0.05) is 6.07 Å². The van der Waals surface area contributed by atoms with Crippen LogP contribution in [0.5, 0.6) is 23.0 Å². The fraction of sp³-hybridized carbons (Fsp3) is 0.278. The third kappa shape index (κ3) is 3.63. The first-order valence-corrected chi connectivity index (χ1v) is 15.2. The van der Waals surface area contributed by atoms with Crippen LogP contribution in [0.25, 0.3) is 0 Å². The van der Waals surface area contributed by atoms with Crippen molar-refractivity contribution in [2.24, 2.45) is 47.3 Å². The summed E-state index contributed by atoms with van der Waals surface area (Å²) in [5, 5.41) is 0. The molecular formula is C36H28N2O6. The van der Waals surface area contributed by atoms with Crippen molar-refractivity contribution in [3.05, 3.63) is 97.1 Å². The molecule has 8 nitrogen and oxygen atoms in total. The Hall–Kier alpha value is -4.98. The Morgan fingerprint density at radius 1 is 0.455 bits per heavy atom. The fourth-order valence-corrected chi connectivity index (χ4v) is 8.51. The lowest BCUT2D eigenvalue weighted by Crippen LogP contribution is -2.32. The summed E-state index contributed by atoms with van der Waals surface area (Å²) in [6.45, 7) is 0. The van der Waals surface area contributed by atoms with E-state index in [1.807, 2.05) is 18.2 Å². The summed E-state index contributed by atoms with van der Waals surface area (Å²) in [5.41, 5.74) is 1.12. The van der Waals surface area contributed by atoms with Crippen LogP contribution < -0.4 is 19.3 Å². The molecule has 0 aromatic heterocycles. The molecule has 2 heterocycles. The van der Waals surface area contributed by atoms with E-state index < -0.39 is 0 Å². The number of fused-ring (bicyclic) bond motifs is 10. The molecule has 8 atom stereocenters. The van der Waals surface area contributed by atoms with Crippen molar-refractivity contribution in [3.63, 3.8) is 0 Å². The molecule has 4 aliphatic carbocycles. The normalized spacial score (nSPS) is 32.3. The highest BCUT2D eigenvalue weighted by molar-refractivity contribution is 6.23. The number of anilines is 2. The van der Waals surface area contributed by atoms with E-state index in [1.54, 1.807) is 54.6 Å². The van der Waals surface area contributed by atoms with E-state index in [4.69, 9.17) is 9.47 Å². The zero-order valence-electron chi connectivity index (χ0n) is 23.6. The van der Waals surface area contributed by atoms with Crippen LogP contribution in [0.2, 0.25) is 0 Å². The molecule has 0 spiro atoms. The Bertz CT molecular complexity index is 1620. The van der Waals surface area contributed by atoms with E-state index in [0.717, 1.165) is 12.8 Å². The highest BCUT2D eigenvalue weighted by atomic mass is 16.5. The molecule has 4 bridgehead atoms. The molecule has 3 aromatic rings. The number of nitrogens with zero attached hydrogens (tertiary/aromatic N) is 2. The first-order chi connectivity index (χ1) is 21.4.